The van der Waals surface area contributed by atoms with E-state index < -0.39 is 40.3 Å². The molecule has 0 aliphatic carbocycles. The molecule has 0 amide bonds. The van der Waals surface area contributed by atoms with Gasteiger partial charge in [0.2, 0.25) is 20.9 Å². The lowest BCUT2D eigenvalue weighted by atomic mass is 9.76. The highest BCUT2D eigenvalue weighted by Crippen LogP contribution is 2.50. The number of sulfone groups is 1. The summed E-state index contributed by atoms with van der Waals surface area (Å²) in [6.45, 7) is 28.6. The molecule has 2 aromatic carbocycles. The molecule has 4 aromatic rings. The molecule has 9 nitrogen and oxygen atoms in total. The van der Waals surface area contributed by atoms with E-state index in [0.717, 1.165) is 6.26 Å². The number of hydrogen-bond donors (Lipinski definition) is 1. The third-order valence-corrected chi connectivity index (χ3v) is 22.5. The van der Waals surface area contributed by atoms with Gasteiger partial charge >= 0.3 is 9.76 Å². The Morgan fingerprint density at radius 2 is 1.52 bits per heavy atom. The lowest BCUT2D eigenvalue weighted by molar-refractivity contribution is 0.0447. The highest BCUT2D eigenvalue weighted by molar-refractivity contribution is 7.90. The van der Waals surface area contributed by atoms with Crippen LogP contribution in [0.1, 0.15) is 108 Å². The Balaban J connectivity index is 1.93. The number of methoxy groups -OCH3 is 1. The Kier molecular flexibility index (Phi) is 13.9. The molecule has 0 unspecified atom stereocenters. The van der Waals surface area contributed by atoms with Crippen molar-refractivity contribution in [1.29, 1.82) is 0 Å². The number of rotatable bonds is 13. The van der Waals surface area contributed by atoms with Gasteiger partial charge in [0.15, 0.2) is 5.82 Å². The van der Waals surface area contributed by atoms with Gasteiger partial charge in [0, 0.05) is 35.3 Å². The van der Waals surface area contributed by atoms with E-state index in [0.29, 0.717) is 35.9 Å². The lowest BCUT2D eigenvalue weighted by Gasteiger charge is -2.43. The maximum Gasteiger partial charge on any atom is 0.318 e. The standard InChI is InChI=1S/C46H64F2N4O5SSi2/c1-26(2)46(27(3)4,28(5)6)59-57-33-23-32-17-18-36(47)34(19-22-60(29(7)8,30(9)10)31(11)12)37(32)35(24-33)40-39(48)41-38(43(49-40)56-14)42(51-44(50-41)58(15,54)55)52-21-16-20-45(13,53)25-52/h17-18,23-24,26-31,53H,16,20-21,25H2,1-15H3/t45-/m1/s1. The molecule has 0 bridgehead atoms. The van der Waals surface area contributed by atoms with Gasteiger partial charge in [-0.05, 0) is 77.7 Å². The first kappa shape index (κ1) is 47.4. The monoisotopic (exact) mass is 878 g/mol. The molecule has 3 heterocycles. The molecule has 1 saturated heterocycles. The second kappa shape index (κ2) is 17.6. The van der Waals surface area contributed by atoms with Crippen LogP contribution in [-0.4, -0.2) is 78.4 Å². The number of anilines is 1. The van der Waals surface area contributed by atoms with E-state index >= 15 is 8.78 Å². The van der Waals surface area contributed by atoms with E-state index in [9.17, 15) is 13.5 Å². The molecule has 0 spiro atoms. The Morgan fingerprint density at radius 1 is 0.917 bits per heavy atom. The fraction of sp³-hybridized carbons (Fsp3) is 0.587. The zero-order valence-electron chi connectivity index (χ0n) is 38.1. The highest BCUT2D eigenvalue weighted by atomic mass is 32.2. The van der Waals surface area contributed by atoms with Gasteiger partial charge in [-0.1, -0.05) is 95.1 Å². The van der Waals surface area contributed by atoms with Crippen molar-refractivity contribution in [2.45, 2.75) is 135 Å². The van der Waals surface area contributed by atoms with Crippen LogP contribution in [0.25, 0.3) is 32.9 Å². The molecule has 1 atom stereocenters. The molecule has 1 aliphatic heterocycles. The van der Waals surface area contributed by atoms with Crippen LogP contribution in [0, 0.1) is 40.9 Å². The number of ether oxygens (including phenoxy) is 1. The third kappa shape index (κ3) is 8.70. The molecule has 14 heteroatoms. The van der Waals surface area contributed by atoms with Crippen molar-refractivity contribution in [1.82, 2.24) is 15.0 Å². The molecule has 1 fully saturated rings. The number of aromatic nitrogens is 3. The first-order chi connectivity index (χ1) is 27.8. The summed E-state index contributed by atoms with van der Waals surface area (Å²) in [5, 5.41) is 11.3. The van der Waals surface area contributed by atoms with Crippen LogP contribution in [0.5, 0.6) is 11.6 Å². The van der Waals surface area contributed by atoms with Crippen LogP contribution in [0.2, 0.25) is 21.7 Å². The van der Waals surface area contributed by atoms with Crippen molar-refractivity contribution in [2.24, 2.45) is 17.8 Å². The number of nitrogens with zero attached hydrogens (tertiary/aromatic N) is 4. The number of hydrogen-bond acceptors (Lipinski definition) is 9. The summed E-state index contributed by atoms with van der Waals surface area (Å²) in [5.41, 5.74) is 3.13. The van der Waals surface area contributed by atoms with Gasteiger partial charge in [-0.3, -0.25) is 0 Å². The zero-order chi connectivity index (χ0) is 44.9. The van der Waals surface area contributed by atoms with Crippen LogP contribution in [0.4, 0.5) is 14.6 Å². The van der Waals surface area contributed by atoms with Crippen molar-refractivity contribution in [3.05, 3.63) is 41.5 Å². The van der Waals surface area contributed by atoms with Crippen LogP contribution >= 0.6 is 0 Å². The molecule has 2 aromatic heterocycles. The second-order valence-electron chi connectivity index (χ2n) is 18.9. The second-order valence-corrected chi connectivity index (χ2v) is 27.6. The third-order valence-electron chi connectivity index (χ3n) is 13.0. The summed E-state index contributed by atoms with van der Waals surface area (Å²) < 4.78 is 73.2. The maximum absolute atomic E-state index is 17.8. The average molecular weight is 879 g/mol. The van der Waals surface area contributed by atoms with Gasteiger partial charge in [0.25, 0.3) is 0 Å². The topological polar surface area (TPSA) is 115 Å². The van der Waals surface area contributed by atoms with Crippen LogP contribution in [0.3, 0.4) is 0 Å². The van der Waals surface area contributed by atoms with Crippen LogP contribution < -0.4 is 14.1 Å². The fourth-order valence-electron chi connectivity index (χ4n) is 10.1. The maximum atomic E-state index is 17.8. The minimum absolute atomic E-state index is 0.0342. The lowest BCUT2D eigenvalue weighted by Crippen LogP contribution is -2.46. The van der Waals surface area contributed by atoms with Gasteiger partial charge in [-0.15, -0.1) is 5.54 Å². The number of benzene rings is 2. The molecular weight excluding hydrogens is 815 g/mol. The molecular formula is C46H64F2N4O5SSi2. The van der Waals surface area contributed by atoms with E-state index in [1.165, 1.54) is 13.2 Å². The number of halogens is 2. The summed E-state index contributed by atoms with van der Waals surface area (Å²) in [4.78, 5) is 15.3. The van der Waals surface area contributed by atoms with Gasteiger partial charge < -0.3 is 19.2 Å². The van der Waals surface area contributed by atoms with E-state index in [4.69, 9.17) is 14.1 Å². The summed E-state index contributed by atoms with van der Waals surface area (Å²) in [6.07, 6.45) is 2.07. The smallest absolute Gasteiger partial charge is 0.318 e. The predicted molar refractivity (Wildman–Crippen MR) is 243 cm³/mol. The Bertz CT molecular complexity index is 2380. The molecule has 5 rings (SSSR count). The molecule has 1 aliphatic rings. The Labute approximate surface area is 360 Å². The summed E-state index contributed by atoms with van der Waals surface area (Å²) >= 11 is 0. The zero-order valence-corrected chi connectivity index (χ0v) is 41.0. The van der Waals surface area contributed by atoms with Crippen molar-refractivity contribution >= 4 is 55.2 Å². The van der Waals surface area contributed by atoms with Gasteiger partial charge in [-0.2, -0.15) is 0 Å². The summed E-state index contributed by atoms with van der Waals surface area (Å²) in [5.74, 6) is 3.14. The van der Waals surface area contributed by atoms with Crippen molar-refractivity contribution in [2.75, 3.05) is 31.4 Å². The largest absolute Gasteiger partial charge is 0.540 e. The number of β-amino-alcohol motifs (C(OH)–C–C–N with tert-alkyl or cyclic N) is 1. The molecule has 326 valence electrons. The summed E-state index contributed by atoms with van der Waals surface area (Å²) in [6, 6.07) is 6.57. The highest BCUT2D eigenvalue weighted by Gasteiger charge is 2.44. The summed E-state index contributed by atoms with van der Waals surface area (Å²) in [7, 11) is -5.01. The first-order valence-electron chi connectivity index (χ1n) is 21.2. The number of aliphatic hydroxyl groups is 1. The number of pyridine rings is 1. The molecule has 2 radical (unpaired) electrons. The molecule has 60 heavy (non-hydrogen) atoms. The SMILES string of the molecule is COc1nc(-c2cc(O[Si]C(C(C)C)(C(C)C)C(C)C)cc3ccc(F)c(C#C[Si](C(C)C)(C(C)C)C(C)C)c23)c(F)c2nc(S(C)(=O)=O)nc(N3CCC[C@@](C)(O)C3)c12. The molecule has 0 saturated carbocycles. The van der Waals surface area contributed by atoms with Crippen LogP contribution in [0.15, 0.2) is 29.4 Å². The minimum Gasteiger partial charge on any atom is -0.540 e. The number of fused-ring (bicyclic) bond motifs is 2. The van der Waals surface area contributed by atoms with Gasteiger partial charge in [0.1, 0.15) is 42.1 Å². The Morgan fingerprint density at radius 3 is 2.03 bits per heavy atom. The van der Waals surface area contributed by atoms with E-state index in [2.05, 4.69) is 105 Å². The average Bonchev–Trinajstić information content (AvgIpc) is 3.14. The normalized spacial score (nSPS) is 16.9. The molecule has 1 N–H and O–H groups in total. The van der Waals surface area contributed by atoms with E-state index in [1.807, 2.05) is 6.07 Å². The number of piperidine rings is 1. The minimum atomic E-state index is -4.06. The van der Waals surface area contributed by atoms with E-state index in [-0.39, 0.29) is 95.1 Å². The van der Waals surface area contributed by atoms with Crippen molar-refractivity contribution in [3.63, 3.8) is 0 Å². The van der Waals surface area contributed by atoms with Crippen molar-refractivity contribution in [3.8, 4) is 34.4 Å². The Hall–Kier alpha value is -3.65. The van der Waals surface area contributed by atoms with Gasteiger partial charge in [0.05, 0.1) is 18.3 Å². The predicted octanol–water partition coefficient (Wildman–Crippen LogP) is 10.6. The van der Waals surface area contributed by atoms with Crippen LogP contribution in [-0.2, 0) is 9.84 Å². The quantitative estimate of drug-likeness (QED) is 0.0796. The van der Waals surface area contributed by atoms with Gasteiger partial charge in [-0.25, -0.2) is 32.2 Å². The fourth-order valence-corrected chi connectivity index (χ4v) is 16.9. The van der Waals surface area contributed by atoms with Crippen molar-refractivity contribution < 1.29 is 31.5 Å². The first-order valence-corrected chi connectivity index (χ1v) is 26.2. The van der Waals surface area contributed by atoms with E-state index in [1.54, 1.807) is 24.0 Å².